The van der Waals surface area contributed by atoms with Gasteiger partial charge < -0.3 is 9.32 Å². The van der Waals surface area contributed by atoms with Crippen molar-refractivity contribution in [2.24, 2.45) is 0 Å². The van der Waals surface area contributed by atoms with E-state index in [1.807, 2.05) is 0 Å². The zero-order valence-corrected chi connectivity index (χ0v) is 27.3. The second-order valence-corrected chi connectivity index (χ2v) is 12.9. The second kappa shape index (κ2) is 11.5. The minimum Gasteiger partial charge on any atom is -0.455 e. The van der Waals surface area contributed by atoms with Crippen LogP contribution >= 0.6 is 0 Å². The van der Waals surface area contributed by atoms with Crippen molar-refractivity contribution in [3.05, 3.63) is 188 Å². The highest BCUT2D eigenvalue weighted by molar-refractivity contribution is 6.23. The van der Waals surface area contributed by atoms with E-state index >= 15 is 0 Å². The Bertz CT molecular complexity index is 2880. The van der Waals surface area contributed by atoms with E-state index in [4.69, 9.17) is 4.42 Å². The molecule has 0 unspecified atom stereocenters. The van der Waals surface area contributed by atoms with Crippen LogP contribution in [0.5, 0.6) is 0 Å². The Kier molecular flexibility index (Phi) is 6.53. The molecule has 10 aromatic rings. The molecule has 0 saturated heterocycles. The Balaban J connectivity index is 1.30. The van der Waals surface area contributed by atoms with E-state index in [9.17, 15) is 0 Å². The van der Waals surface area contributed by atoms with Crippen LogP contribution in [0.1, 0.15) is 0 Å². The van der Waals surface area contributed by atoms with E-state index in [0.29, 0.717) is 0 Å². The van der Waals surface area contributed by atoms with E-state index in [1.54, 1.807) is 0 Å². The number of anilines is 3. The molecule has 0 amide bonds. The summed E-state index contributed by atoms with van der Waals surface area (Å²) in [6.07, 6.45) is 0. The molecule has 2 heteroatoms. The molecule has 0 aliphatic carbocycles. The lowest BCUT2D eigenvalue weighted by atomic mass is 9.93. The van der Waals surface area contributed by atoms with Crippen LogP contribution in [-0.4, -0.2) is 0 Å². The number of nitrogens with zero attached hydrogens (tertiary/aromatic N) is 1. The molecule has 0 fully saturated rings. The summed E-state index contributed by atoms with van der Waals surface area (Å²) >= 11 is 0. The molecular weight excluding hydrogens is 607 g/mol. The zero-order valence-electron chi connectivity index (χ0n) is 27.3. The van der Waals surface area contributed by atoms with Crippen LogP contribution in [0.15, 0.2) is 192 Å². The molecule has 0 saturated carbocycles. The molecule has 0 atom stereocenters. The van der Waals surface area contributed by atoms with Gasteiger partial charge in [0, 0.05) is 22.0 Å². The first-order valence-corrected chi connectivity index (χ1v) is 17.1. The van der Waals surface area contributed by atoms with Gasteiger partial charge in [0.15, 0.2) is 0 Å². The number of hydrogen-bond acceptors (Lipinski definition) is 2. The number of hydrogen-bond donors (Lipinski definition) is 0. The van der Waals surface area contributed by atoms with Crippen LogP contribution in [0.2, 0.25) is 0 Å². The van der Waals surface area contributed by atoms with Gasteiger partial charge in [-0.3, -0.25) is 0 Å². The summed E-state index contributed by atoms with van der Waals surface area (Å²) in [7, 11) is 0. The van der Waals surface area contributed by atoms with Gasteiger partial charge in [0.2, 0.25) is 0 Å². The minimum absolute atomic E-state index is 0.862. The van der Waals surface area contributed by atoms with Gasteiger partial charge >= 0.3 is 0 Å². The molecule has 234 valence electrons. The fraction of sp³-hybridized carbons (Fsp3) is 0. The third-order valence-electron chi connectivity index (χ3n) is 10.0. The summed E-state index contributed by atoms with van der Waals surface area (Å²) in [6.45, 7) is 0. The van der Waals surface area contributed by atoms with Crippen LogP contribution in [0.3, 0.4) is 0 Å². The molecule has 0 aliphatic heterocycles. The predicted octanol–water partition coefficient (Wildman–Crippen LogP) is 13.8. The molecule has 50 heavy (non-hydrogen) atoms. The quantitative estimate of drug-likeness (QED) is 0.187. The average molecular weight is 638 g/mol. The third kappa shape index (κ3) is 4.57. The second-order valence-electron chi connectivity index (χ2n) is 12.9. The van der Waals surface area contributed by atoms with E-state index in [2.05, 4.69) is 193 Å². The fourth-order valence-corrected chi connectivity index (χ4v) is 7.67. The molecule has 0 spiro atoms. The maximum Gasteiger partial charge on any atom is 0.143 e. The Morgan fingerprint density at radius 3 is 1.82 bits per heavy atom. The lowest BCUT2D eigenvalue weighted by molar-refractivity contribution is 0.672. The smallest absolute Gasteiger partial charge is 0.143 e. The summed E-state index contributed by atoms with van der Waals surface area (Å²) in [5, 5.41) is 9.35. The van der Waals surface area contributed by atoms with Crippen LogP contribution in [0, 0.1) is 0 Å². The van der Waals surface area contributed by atoms with Gasteiger partial charge in [0.25, 0.3) is 0 Å². The maximum atomic E-state index is 6.85. The van der Waals surface area contributed by atoms with Crippen molar-refractivity contribution in [3.63, 3.8) is 0 Å². The number of furan rings is 1. The Hall–Kier alpha value is -6.64. The Morgan fingerprint density at radius 1 is 0.360 bits per heavy atom. The molecule has 1 heterocycles. The van der Waals surface area contributed by atoms with Crippen LogP contribution in [0.25, 0.3) is 76.5 Å². The Labute approximate surface area is 290 Å². The summed E-state index contributed by atoms with van der Waals surface area (Å²) in [5.74, 6) is 0. The zero-order chi connectivity index (χ0) is 33.0. The first-order valence-electron chi connectivity index (χ1n) is 17.1. The highest BCUT2D eigenvalue weighted by Gasteiger charge is 2.23. The molecule has 1 aromatic heterocycles. The number of para-hydroxylation sites is 1. The maximum absolute atomic E-state index is 6.85. The number of rotatable bonds is 5. The molecule has 2 nitrogen and oxygen atoms in total. The summed E-state index contributed by atoms with van der Waals surface area (Å²) in [5.41, 5.74) is 9.74. The fourth-order valence-electron chi connectivity index (χ4n) is 7.67. The van der Waals surface area contributed by atoms with Gasteiger partial charge in [-0.2, -0.15) is 0 Å². The van der Waals surface area contributed by atoms with Crippen LogP contribution < -0.4 is 4.90 Å². The standard InChI is InChI=1S/C48H31NO/c1-2-15-34(16-3-1)39-19-10-11-22-44(39)49(38-28-27-33-14-5-7-18-36(33)30-38)45-23-12-24-46-47(45)43-31-42(40-20-8-9-21-41(40)48(43)50-46)37-26-25-32-13-4-6-17-35(32)29-37/h1-31H. The van der Waals surface area contributed by atoms with Crippen molar-refractivity contribution < 1.29 is 4.42 Å². The number of fused-ring (bicyclic) bond motifs is 7. The van der Waals surface area contributed by atoms with Crippen molar-refractivity contribution in [2.75, 3.05) is 4.90 Å². The van der Waals surface area contributed by atoms with Crippen LogP contribution in [-0.2, 0) is 0 Å². The molecule has 10 rings (SSSR count). The summed E-state index contributed by atoms with van der Waals surface area (Å²) in [6, 6.07) is 67.5. The lowest BCUT2D eigenvalue weighted by Gasteiger charge is -2.29. The summed E-state index contributed by atoms with van der Waals surface area (Å²) < 4.78 is 6.85. The van der Waals surface area contributed by atoms with Gasteiger partial charge in [-0.15, -0.1) is 0 Å². The monoisotopic (exact) mass is 637 g/mol. The molecule has 0 N–H and O–H groups in total. The SMILES string of the molecule is c1ccc(-c2ccccc2N(c2ccc3ccccc3c2)c2cccc3oc4c5ccccc5c(-c5ccc6ccccc6c5)cc4c23)cc1. The van der Waals surface area contributed by atoms with E-state index in [-0.39, 0.29) is 0 Å². The average Bonchev–Trinajstić information content (AvgIpc) is 3.58. The molecular formula is C48H31NO. The van der Waals surface area contributed by atoms with Crippen molar-refractivity contribution in [1.29, 1.82) is 0 Å². The normalized spacial score (nSPS) is 11.6. The van der Waals surface area contributed by atoms with E-state index < -0.39 is 0 Å². The van der Waals surface area contributed by atoms with Crippen molar-refractivity contribution in [1.82, 2.24) is 0 Å². The molecule has 0 aliphatic rings. The lowest BCUT2D eigenvalue weighted by Crippen LogP contribution is -2.11. The molecule has 0 bridgehead atoms. The minimum atomic E-state index is 0.862. The van der Waals surface area contributed by atoms with E-state index in [1.165, 1.54) is 43.6 Å². The Morgan fingerprint density at radius 2 is 1.00 bits per heavy atom. The van der Waals surface area contributed by atoms with Gasteiger partial charge in [-0.1, -0.05) is 146 Å². The van der Waals surface area contributed by atoms with Crippen molar-refractivity contribution >= 4 is 71.3 Å². The van der Waals surface area contributed by atoms with Gasteiger partial charge in [-0.05, 0) is 86.1 Å². The highest BCUT2D eigenvalue weighted by Crippen LogP contribution is 2.48. The highest BCUT2D eigenvalue weighted by atomic mass is 16.3. The third-order valence-corrected chi connectivity index (χ3v) is 10.0. The first-order chi connectivity index (χ1) is 24.8. The largest absolute Gasteiger partial charge is 0.455 e. The topological polar surface area (TPSA) is 16.4 Å². The van der Waals surface area contributed by atoms with Gasteiger partial charge in [0.1, 0.15) is 11.2 Å². The van der Waals surface area contributed by atoms with Crippen molar-refractivity contribution in [2.45, 2.75) is 0 Å². The van der Waals surface area contributed by atoms with Gasteiger partial charge in [-0.25, -0.2) is 0 Å². The molecule has 0 radical (unpaired) electrons. The van der Waals surface area contributed by atoms with Gasteiger partial charge in [0.05, 0.1) is 16.8 Å². The predicted molar refractivity (Wildman–Crippen MR) is 212 cm³/mol. The van der Waals surface area contributed by atoms with E-state index in [0.717, 1.165) is 50.0 Å². The van der Waals surface area contributed by atoms with Crippen LogP contribution in [0.4, 0.5) is 17.1 Å². The first kappa shape index (κ1) is 28.4. The molecule has 9 aromatic carbocycles. The number of benzene rings is 9. The summed E-state index contributed by atoms with van der Waals surface area (Å²) in [4.78, 5) is 2.41. The van der Waals surface area contributed by atoms with Crippen molar-refractivity contribution in [3.8, 4) is 22.3 Å².